The number of hydrogen-bond acceptors (Lipinski definition) is 2. The van der Waals surface area contributed by atoms with Crippen molar-refractivity contribution >= 4 is 17.3 Å². The first-order valence-corrected chi connectivity index (χ1v) is 6.30. The van der Waals surface area contributed by atoms with E-state index in [4.69, 9.17) is 11.6 Å². The average molecular weight is 262 g/mol. The van der Waals surface area contributed by atoms with E-state index in [0.717, 1.165) is 11.3 Å². The number of benzene rings is 2. The van der Waals surface area contributed by atoms with E-state index in [0.29, 0.717) is 5.02 Å². The molecule has 0 aromatic heterocycles. The third kappa shape index (κ3) is 3.25. The van der Waals surface area contributed by atoms with Crippen molar-refractivity contribution < 1.29 is 5.11 Å². The second-order valence-corrected chi connectivity index (χ2v) is 4.73. The van der Waals surface area contributed by atoms with E-state index in [1.807, 2.05) is 61.5 Å². The first kappa shape index (κ1) is 12.9. The molecule has 2 nitrogen and oxygen atoms in total. The van der Waals surface area contributed by atoms with Gasteiger partial charge in [0, 0.05) is 10.7 Å². The van der Waals surface area contributed by atoms with Crippen molar-refractivity contribution in [2.45, 2.75) is 19.1 Å². The molecule has 2 aromatic carbocycles. The molecule has 0 amide bonds. The van der Waals surface area contributed by atoms with Gasteiger partial charge in [0.1, 0.15) is 0 Å². The monoisotopic (exact) mass is 261 g/mol. The van der Waals surface area contributed by atoms with Crippen LogP contribution in [0.15, 0.2) is 54.6 Å². The lowest BCUT2D eigenvalue weighted by Gasteiger charge is -2.21. The Kier molecular flexibility index (Phi) is 4.24. The second-order valence-electron chi connectivity index (χ2n) is 4.30. The summed E-state index contributed by atoms with van der Waals surface area (Å²) in [6.45, 7) is 1.95. The number of aliphatic hydroxyl groups is 1. The Bertz CT molecular complexity index is 484. The maximum Gasteiger partial charge on any atom is 0.0988 e. The van der Waals surface area contributed by atoms with E-state index in [-0.39, 0.29) is 6.04 Å². The van der Waals surface area contributed by atoms with Crippen LogP contribution in [0, 0.1) is 0 Å². The highest BCUT2D eigenvalue weighted by molar-refractivity contribution is 6.30. The van der Waals surface area contributed by atoms with E-state index in [2.05, 4.69) is 5.32 Å². The van der Waals surface area contributed by atoms with Gasteiger partial charge in [-0.25, -0.2) is 0 Å². The predicted octanol–water partition coefficient (Wildman–Crippen LogP) is 3.87. The number of halogens is 1. The normalized spacial score (nSPS) is 13.9. The molecule has 2 rings (SSSR count). The predicted molar refractivity (Wildman–Crippen MR) is 75.9 cm³/mol. The number of nitrogens with one attached hydrogen (secondary N) is 1. The molecule has 2 atom stereocenters. The largest absolute Gasteiger partial charge is 0.386 e. The highest BCUT2D eigenvalue weighted by Crippen LogP contribution is 2.21. The van der Waals surface area contributed by atoms with Crippen molar-refractivity contribution in [3.63, 3.8) is 0 Å². The summed E-state index contributed by atoms with van der Waals surface area (Å²) in [6, 6.07) is 17.0. The SMILES string of the molecule is C[C@H](Nc1ccc(Cl)cc1)[C@H](O)c1ccccc1. The van der Waals surface area contributed by atoms with Crippen molar-refractivity contribution in [1.82, 2.24) is 0 Å². The van der Waals surface area contributed by atoms with Gasteiger partial charge in [0.15, 0.2) is 0 Å². The minimum atomic E-state index is -0.540. The topological polar surface area (TPSA) is 32.3 Å². The summed E-state index contributed by atoms with van der Waals surface area (Å²) in [5, 5.41) is 14.2. The van der Waals surface area contributed by atoms with Crippen LogP contribution in [0.2, 0.25) is 5.02 Å². The Hall–Kier alpha value is -1.51. The third-order valence-electron chi connectivity index (χ3n) is 2.85. The van der Waals surface area contributed by atoms with Gasteiger partial charge in [-0.3, -0.25) is 0 Å². The molecule has 3 heteroatoms. The van der Waals surface area contributed by atoms with Gasteiger partial charge in [-0.05, 0) is 36.8 Å². The molecule has 0 aliphatic carbocycles. The lowest BCUT2D eigenvalue weighted by Crippen LogP contribution is -2.23. The molecule has 2 aromatic rings. The zero-order chi connectivity index (χ0) is 13.0. The highest BCUT2D eigenvalue weighted by Gasteiger charge is 2.15. The van der Waals surface area contributed by atoms with Crippen LogP contribution in [0.4, 0.5) is 5.69 Å². The van der Waals surface area contributed by atoms with Crippen molar-refractivity contribution in [3.8, 4) is 0 Å². The number of aliphatic hydroxyl groups excluding tert-OH is 1. The van der Waals surface area contributed by atoms with Crippen molar-refractivity contribution in [1.29, 1.82) is 0 Å². The van der Waals surface area contributed by atoms with Gasteiger partial charge in [0.25, 0.3) is 0 Å². The van der Waals surface area contributed by atoms with Crippen molar-refractivity contribution in [2.24, 2.45) is 0 Å². The second kappa shape index (κ2) is 5.89. The highest BCUT2D eigenvalue weighted by atomic mass is 35.5. The van der Waals surface area contributed by atoms with Crippen molar-refractivity contribution in [3.05, 3.63) is 65.2 Å². The van der Waals surface area contributed by atoms with Crippen LogP contribution in [-0.4, -0.2) is 11.1 Å². The maximum absolute atomic E-state index is 10.2. The first-order valence-electron chi connectivity index (χ1n) is 5.92. The molecular formula is C15H16ClNO. The molecule has 0 aliphatic heterocycles. The van der Waals surface area contributed by atoms with Crippen LogP contribution in [0.3, 0.4) is 0 Å². The Balaban J connectivity index is 2.03. The summed E-state index contributed by atoms with van der Waals surface area (Å²) < 4.78 is 0. The average Bonchev–Trinajstić information content (AvgIpc) is 2.41. The van der Waals surface area contributed by atoms with Crippen molar-refractivity contribution in [2.75, 3.05) is 5.32 Å². The first-order chi connectivity index (χ1) is 8.66. The Morgan fingerprint density at radius 1 is 1.00 bits per heavy atom. The van der Waals surface area contributed by atoms with Gasteiger partial charge in [-0.15, -0.1) is 0 Å². The molecule has 18 heavy (non-hydrogen) atoms. The molecule has 0 unspecified atom stereocenters. The van der Waals surface area contributed by atoms with Crippen LogP contribution in [-0.2, 0) is 0 Å². The van der Waals surface area contributed by atoms with Crippen LogP contribution in [0.5, 0.6) is 0 Å². The zero-order valence-corrected chi connectivity index (χ0v) is 10.9. The molecular weight excluding hydrogens is 246 g/mol. The fraction of sp³-hybridized carbons (Fsp3) is 0.200. The molecule has 0 saturated carbocycles. The van der Waals surface area contributed by atoms with E-state index < -0.39 is 6.10 Å². The Morgan fingerprint density at radius 3 is 2.22 bits per heavy atom. The van der Waals surface area contributed by atoms with Gasteiger partial charge in [-0.2, -0.15) is 0 Å². The van der Waals surface area contributed by atoms with Gasteiger partial charge in [-0.1, -0.05) is 41.9 Å². The third-order valence-corrected chi connectivity index (χ3v) is 3.11. The van der Waals surface area contributed by atoms with E-state index >= 15 is 0 Å². The van der Waals surface area contributed by atoms with Gasteiger partial charge in [0.2, 0.25) is 0 Å². The molecule has 0 radical (unpaired) electrons. The minimum Gasteiger partial charge on any atom is -0.386 e. The van der Waals surface area contributed by atoms with Gasteiger partial charge in [0.05, 0.1) is 12.1 Å². The summed E-state index contributed by atoms with van der Waals surface area (Å²) in [4.78, 5) is 0. The lowest BCUT2D eigenvalue weighted by molar-refractivity contribution is 0.161. The molecule has 2 N–H and O–H groups in total. The van der Waals surface area contributed by atoms with E-state index in [9.17, 15) is 5.11 Å². The minimum absolute atomic E-state index is 0.0754. The summed E-state index contributed by atoms with van der Waals surface area (Å²) in [5.74, 6) is 0. The Labute approximate surface area is 112 Å². The summed E-state index contributed by atoms with van der Waals surface area (Å²) in [6.07, 6.45) is -0.540. The van der Waals surface area contributed by atoms with E-state index in [1.165, 1.54) is 0 Å². The zero-order valence-electron chi connectivity index (χ0n) is 10.2. The number of anilines is 1. The molecule has 0 aliphatic rings. The fourth-order valence-corrected chi connectivity index (χ4v) is 1.95. The maximum atomic E-state index is 10.2. The fourth-order valence-electron chi connectivity index (χ4n) is 1.83. The number of rotatable bonds is 4. The quantitative estimate of drug-likeness (QED) is 0.876. The molecule has 0 spiro atoms. The summed E-state index contributed by atoms with van der Waals surface area (Å²) in [7, 11) is 0. The van der Waals surface area contributed by atoms with Crippen LogP contribution in [0.25, 0.3) is 0 Å². The molecule has 94 valence electrons. The van der Waals surface area contributed by atoms with Crippen LogP contribution in [0.1, 0.15) is 18.6 Å². The molecule has 0 heterocycles. The lowest BCUT2D eigenvalue weighted by atomic mass is 10.0. The summed E-state index contributed by atoms with van der Waals surface area (Å²) >= 11 is 5.83. The van der Waals surface area contributed by atoms with Crippen LogP contribution >= 0.6 is 11.6 Å². The van der Waals surface area contributed by atoms with Crippen LogP contribution < -0.4 is 5.32 Å². The number of hydrogen-bond donors (Lipinski definition) is 2. The van der Waals surface area contributed by atoms with Gasteiger partial charge >= 0.3 is 0 Å². The molecule has 0 bridgehead atoms. The summed E-state index contributed by atoms with van der Waals surface area (Å²) in [5.41, 5.74) is 1.85. The smallest absolute Gasteiger partial charge is 0.0988 e. The molecule has 0 saturated heterocycles. The van der Waals surface area contributed by atoms with Gasteiger partial charge < -0.3 is 10.4 Å². The standard InChI is InChI=1S/C15H16ClNO/c1-11(15(18)12-5-3-2-4-6-12)17-14-9-7-13(16)8-10-14/h2-11,15,17-18H,1H3/t11-,15-/m0/s1. The molecule has 0 fully saturated rings. The van der Waals surface area contributed by atoms with E-state index in [1.54, 1.807) is 0 Å². The Morgan fingerprint density at radius 2 is 1.61 bits per heavy atom.